The molecule has 0 unspecified atom stereocenters. The molecule has 0 aliphatic rings. The van der Waals surface area contributed by atoms with Crippen LogP contribution in [0.2, 0.25) is 5.02 Å². The van der Waals surface area contributed by atoms with Crippen LogP contribution in [0.25, 0.3) is 11.0 Å². The first-order chi connectivity index (χ1) is 15.0. The molecule has 0 radical (unpaired) electrons. The summed E-state index contributed by atoms with van der Waals surface area (Å²) in [5.74, 6) is 1.32. The van der Waals surface area contributed by atoms with Crippen molar-refractivity contribution in [3.8, 4) is 11.5 Å². The largest absolute Gasteiger partial charge is 0.490 e. The van der Waals surface area contributed by atoms with E-state index in [4.69, 9.17) is 21.1 Å². The third kappa shape index (κ3) is 5.24. The molecular formula is C23H21BrClN3O3. The van der Waals surface area contributed by atoms with Gasteiger partial charge in [0.25, 0.3) is 0 Å². The molecule has 0 amide bonds. The van der Waals surface area contributed by atoms with E-state index in [1.165, 1.54) is 0 Å². The molecule has 0 fully saturated rings. The van der Waals surface area contributed by atoms with Crippen LogP contribution < -0.4 is 20.5 Å². The van der Waals surface area contributed by atoms with Gasteiger partial charge in [0.2, 0.25) is 0 Å². The number of rotatable bonds is 8. The summed E-state index contributed by atoms with van der Waals surface area (Å²) >= 11 is 9.68. The van der Waals surface area contributed by atoms with Gasteiger partial charge in [-0.05, 0) is 76.4 Å². The number of hydrogen-bond acceptors (Lipinski definition) is 4. The Balaban J connectivity index is 1.50. The van der Waals surface area contributed by atoms with E-state index < -0.39 is 0 Å². The molecule has 3 aromatic carbocycles. The molecule has 0 saturated carbocycles. The van der Waals surface area contributed by atoms with Gasteiger partial charge in [-0.15, -0.1) is 0 Å². The Morgan fingerprint density at radius 2 is 1.84 bits per heavy atom. The first kappa shape index (κ1) is 21.3. The standard InChI is InChI=1S/C23H21BrClN3O3/c1-2-30-21-10-15(12-26-17-6-7-19-20(11-17)28-23(29)27-19)9-18(24)22(21)31-13-14-4-3-5-16(25)8-14/h3-11,26H,2,12-13H2,1H3,(H2,27,28,29). The van der Waals surface area contributed by atoms with E-state index in [-0.39, 0.29) is 5.69 Å². The summed E-state index contributed by atoms with van der Waals surface area (Å²) in [6, 6.07) is 17.2. The maximum absolute atomic E-state index is 11.4. The second-order valence-electron chi connectivity index (χ2n) is 6.95. The van der Waals surface area contributed by atoms with Gasteiger partial charge in [0, 0.05) is 17.3 Å². The zero-order valence-electron chi connectivity index (χ0n) is 16.8. The minimum atomic E-state index is -0.217. The molecule has 0 atom stereocenters. The lowest BCUT2D eigenvalue weighted by molar-refractivity contribution is 0.267. The third-order valence-electron chi connectivity index (χ3n) is 4.65. The number of ether oxygens (including phenoxy) is 2. The van der Waals surface area contributed by atoms with Crippen molar-refractivity contribution >= 4 is 44.3 Å². The maximum Gasteiger partial charge on any atom is 0.323 e. The lowest BCUT2D eigenvalue weighted by Crippen LogP contribution is -2.04. The van der Waals surface area contributed by atoms with E-state index in [9.17, 15) is 4.79 Å². The van der Waals surface area contributed by atoms with Gasteiger partial charge in [0.1, 0.15) is 6.61 Å². The van der Waals surface area contributed by atoms with Gasteiger partial charge in [-0.3, -0.25) is 0 Å². The maximum atomic E-state index is 11.4. The van der Waals surface area contributed by atoms with E-state index in [2.05, 4.69) is 31.2 Å². The highest BCUT2D eigenvalue weighted by Crippen LogP contribution is 2.37. The van der Waals surface area contributed by atoms with Crippen LogP contribution in [-0.4, -0.2) is 16.6 Å². The first-order valence-corrected chi connectivity index (χ1v) is 11.0. The average Bonchev–Trinajstić information content (AvgIpc) is 3.11. The normalized spacial score (nSPS) is 10.9. The van der Waals surface area contributed by atoms with Crippen LogP contribution >= 0.6 is 27.5 Å². The molecule has 0 saturated heterocycles. The van der Waals surface area contributed by atoms with E-state index in [0.29, 0.717) is 36.3 Å². The van der Waals surface area contributed by atoms with E-state index in [1.54, 1.807) is 0 Å². The smallest absolute Gasteiger partial charge is 0.323 e. The number of hydrogen-bond donors (Lipinski definition) is 3. The first-order valence-electron chi connectivity index (χ1n) is 9.80. The van der Waals surface area contributed by atoms with Crippen LogP contribution in [0.15, 0.2) is 63.9 Å². The van der Waals surface area contributed by atoms with Crippen LogP contribution in [0, 0.1) is 0 Å². The fourth-order valence-electron chi connectivity index (χ4n) is 3.26. The molecule has 1 aromatic heterocycles. The molecule has 0 spiro atoms. The highest BCUT2D eigenvalue weighted by molar-refractivity contribution is 9.10. The Bertz CT molecular complexity index is 1270. The SMILES string of the molecule is CCOc1cc(CNc2ccc3[nH]c(=O)[nH]c3c2)cc(Br)c1OCc1cccc(Cl)c1. The van der Waals surface area contributed by atoms with E-state index >= 15 is 0 Å². The zero-order valence-corrected chi connectivity index (χ0v) is 19.1. The molecule has 0 aliphatic carbocycles. The second-order valence-corrected chi connectivity index (χ2v) is 8.24. The molecule has 31 heavy (non-hydrogen) atoms. The molecule has 0 bridgehead atoms. The Hall–Kier alpha value is -2.90. The van der Waals surface area contributed by atoms with Crippen molar-refractivity contribution in [3.63, 3.8) is 0 Å². The topological polar surface area (TPSA) is 79.1 Å². The van der Waals surface area contributed by atoms with Crippen molar-refractivity contribution < 1.29 is 9.47 Å². The average molecular weight is 503 g/mol. The molecule has 0 aliphatic heterocycles. The lowest BCUT2D eigenvalue weighted by atomic mass is 10.2. The molecule has 1 heterocycles. The number of fused-ring (bicyclic) bond motifs is 1. The van der Waals surface area contributed by atoms with Crippen LogP contribution in [0.4, 0.5) is 5.69 Å². The number of nitrogens with one attached hydrogen (secondary N) is 3. The highest BCUT2D eigenvalue weighted by atomic mass is 79.9. The van der Waals surface area contributed by atoms with E-state index in [1.807, 2.05) is 61.5 Å². The van der Waals surface area contributed by atoms with Crippen molar-refractivity contribution in [2.24, 2.45) is 0 Å². The number of aromatic nitrogens is 2. The van der Waals surface area contributed by atoms with Crippen molar-refractivity contribution in [1.29, 1.82) is 0 Å². The molecular weight excluding hydrogens is 482 g/mol. The summed E-state index contributed by atoms with van der Waals surface area (Å²) in [5.41, 5.74) is 4.22. The summed E-state index contributed by atoms with van der Waals surface area (Å²) in [4.78, 5) is 16.9. The number of imidazole rings is 1. The van der Waals surface area contributed by atoms with Crippen molar-refractivity contribution in [2.45, 2.75) is 20.1 Å². The van der Waals surface area contributed by atoms with Gasteiger partial charge in [0.05, 0.1) is 22.1 Å². The number of halogens is 2. The monoisotopic (exact) mass is 501 g/mol. The number of anilines is 1. The molecule has 160 valence electrons. The molecule has 4 aromatic rings. The minimum Gasteiger partial charge on any atom is -0.490 e. The summed E-state index contributed by atoms with van der Waals surface area (Å²) in [5, 5.41) is 4.05. The Morgan fingerprint density at radius 1 is 1.00 bits per heavy atom. The summed E-state index contributed by atoms with van der Waals surface area (Å²) in [7, 11) is 0. The minimum absolute atomic E-state index is 0.217. The van der Waals surface area contributed by atoms with Gasteiger partial charge in [-0.1, -0.05) is 23.7 Å². The Morgan fingerprint density at radius 3 is 2.65 bits per heavy atom. The molecule has 3 N–H and O–H groups in total. The molecule has 4 rings (SSSR count). The van der Waals surface area contributed by atoms with E-state index in [0.717, 1.165) is 32.3 Å². The van der Waals surface area contributed by atoms with Crippen molar-refractivity contribution in [3.05, 3.63) is 85.7 Å². The summed E-state index contributed by atoms with van der Waals surface area (Å²) in [6.45, 7) is 3.42. The lowest BCUT2D eigenvalue weighted by Gasteiger charge is -2.16. The summed E-state index contributed by atoms with van der Waals surface area (Å²) in [6.07, 6.45) is 0. The Labute approximate surface area is 192 Å². The van der Waals surface area contributed by atoms with Crippen LogP contribution in [0.3, 0.4) is 0 Å². The van der Waals surface area contributed by atoms with Crippen molar-refractivity contribution in [2.75, 3.05) is 11.9 Å². The van der Waals surface area contributed by atoms with Gasteiger partial charge in [0.15, 0.2) is 11.5 Å². The fourth-order valence-corrected chi connectivity index (χ4v) is 4.07. The predicted molar refractivity (Wildman–Crippen MR) is 127 cm³/mol. The van der Waals surface area contributed by atoms with Gasteiger partial charge < -0.3 is 24.8 Å². The number of benzene rings is 3. The molecule has 8 heteroatoms. The predicted octanol–water partition coefficient (Wildman–Crippen LogP) is 5.86. The third-order valence-corrected chi connectivity index (χ3v) is 5.48. The molecule has 6 nitrogen and oxygen atoms in total. The number of H-pyrrole nitrogens is 2. The van der Waals surface area contributed by atoms with Gasteiger partial charge >= 0.3 is 5.69 Å². The Kier molecular flexibility index (Phi) is 6.53. The second kappa shape index (κ2) is 9.49. The summed E-state index contributed by atoms with van der Waals surface area (Å²) < 4.78 is 12.7. The van der Waals surface area contributed by atoms with Crippen LogP contribution in [0.5, 0.6) is 11.5 Å². The van der Waals surface area contributed by atoms with Gasteiger partial charge in [-0.25, -0.2) is 4.79 Å². The van der Waals surface area contributed by atoms with Crippen molar-refractivity contribution in [1.82, 2.24) is 9.97 Å². The number of aromatic amines is 2. The van der Waals surface area contributed by atoms with Crippen LogP contribution in [0.1, 0.15) is 18.1 Å². The quantitative estimate of drug-likeness (QED) is 0.282. The zero-order chi connectivity index (χ0) is 21.8. The highest BCUT2D eigenvalue weighted by Gasteiger charge is 2.13. The van der Waals surface area contributed by atoms with Gasteiger partial charge in [-0.2, -0.15) is 0 Å². The fraction of sp³-hybridized carbons (Fsp3) is 0.174. The van der Waals surface area contributed by atoms with Crippen LogP contribution in [-0.2, 0) is 13.2 Å².